The summed E-state index contributed by atoms with van der Waals surface area (Å²) in [4.78, 5) is 25.8. The number of hydrogen-bond acceptors (Lipinski definition) is 5. The van der Waals surface area contributed by atoms with Gasteiger partial charge < -0.3 is 14.4 Å². The molecule has 1 aromatic heterocycles. The standard InChI is InChI=1S/C27H23ClN2O5/c1-3-34-27(33)30(23-14-7-6-13-22(23)28)25-17(2)29-35-26(25)20-11-8-10-18(15-20)21-12-5-4-9-19(21)16-24(31)32/h4-15H,3,16H2,1-2H3,(H,31,32). The van der Waals surface area contributed by atoms with Crippen molar-refractivity contribution in [3.05, 3.63) is 89.1 Å². The minimum Gasteiger partial charge on any atom is -0.481 e. The number of aryl methyl sites for hydroxylation is 1. The molecule has 0 radical (unpaired) electrons. The second-order valence-electron chi connectivity index (χ2n) is 7.74. The predicted octanol–water partition coefficient (Wildman–Crippen LogP) is 6.89. The molecule has 178 valence electrons. The Balaban J connectivity index is 1.85. The molecule has 4 rings (SSSR count). The lowest BCUT2D eigenvalue weighted by Crippen LogP contribution is -2.27. The van der Waals surface area contributed by atoms with Gasteiger partial charge in [-0.25, -0.2) is 9.69 Å². The van der Waals surface area contributed by atoms with E-state index in [1.807, 2.05) is 42.5 Å². The number of amides is 1. The number of para-hydroxylation sites is 1. The van der Waals surface area contributed by atoms with Crippen LogP contribution in [0.5, 0.6) is 0 Å². The van der Waals surface area contributed by atoms with E-state index in [9.17, 15) is 14.7 Å². The molecule has 0 saturated carbocycles. The van der Waals surface area contributed by atoms with E-state index in [0.717, 1.165) is 11.1 Å². The Morgan fingerprint density at radius 2 is 1.74 bits per heavy atom. The first-order valence-electron chi connectivity index (χ1n) is 11.0. The number of halogens is 1. The summed E-state index contributed by atoms with van der Waals surface area (Å²) in [6.45, 7) is 3.63. The molecule has 0 saturated heterocycles. The maximum absolute atomic E-state index is 13.1. The molecule has 3 aromatic carbocycles. The third-order valence-electron chi connectivity index (χ3n) is 5.39. The van der Waals surface area contributed by atoms with Crippen LogP contribution in [-0.2, 0) is 16.0 Å². The van der Waals surface area contributed by atoms with Gasteiger partial charge in [0.25, 0.3) is 0 Å². The number of nitrogens with zero attached hydrogens (tertiary/aromatic N) is 2. The lowest BCUT2D eigenvalue weighted by atomic mass is 9.95. The Hall–Kier alpha value is -4.10. The predicted molar refractivity (Wildman–Crippen MR) is 134 cm³/mol. The second-order valence-corrected chi connectivity index (χ2v) is 8.15. The Morgan fingerprint density at radius 1 is 1.03 bits per heavy atom. The molecule has 7 nitrogen and oxygen atoms in total. The van der Waals surface area contributed by atoms with Gasteiger partial charge in [0.15, 0.2) is 5.76 Å². The van der Waals surface area contributed by atoms with E-state index in [2.05, 4.69) is 5.16 Å². The third-order valence-corrected chi connectivity index (χ3v) is 5.71. The molecule has 0 fully saturated rings. The smallest absolute Gasteiger partial charge is 0.419 e. The first-order chi connectivity index (χ1) is 16.9. The van der Waals surface area contributed by atoms with E-state index in [1.165, 1.54) is 4.90 Å². The van der Waals surface area contributed by atoms with Gasteiger partial charge in [0.2, 0.25) is 0 Å². The van der Waals surface area contributed by atoms with Gasteiger partial charge in [0, 0.05) is 5.56 Å². The number of benzene rings is 3. The summed E-state index contributed by atoms with van der Waals surface area (Å²) in [5.74, 6) is -0.556. The molecule has 0 aliphatic carbocycles. The molecule has 0 bridgehead atoms. The fourth-order valence-electron chi connectivity index (χ4n) is 3.90. The molecule has 1 heterocycles. The Bertz CT molecular complexity index is 1380. The molecule has 8 heteroatoms. The molecule has 0 aliphatic rings. The quantitative estimate of drug-likeness (QED) is 0.303. The summed E-state index contributed by atoms with van der Waals surface area (Å²) in [6, 6.07) is 21.7. The van der Waals surface area contributed by atoms with Gasteiger partial charge in [-0.15, -0.1) is 0 Å². The number of aromatic nitrogens is 1. The second kappa shape index (κ2) is 10.4. The van der Waals surface area contributed by atoms with Crippen molar-refractivity contribution < 1.29 is 24.0 Å². The normalized spacial score (nSPS) is 10.7. The highest BCUT2D eigenvalue weighted by Gasteiger charge is 2.30. The summed E-state index contributed by atoms with van der Waals surface area (Å²) in [5, 5.41) is 13.8. The average Bonchev–Trinajstić information content (AvgIpc) is 3.22. The van der Waals surface area contributed by atoms with E-state index in [1.54, 1.807) is 44.2 Å². The Morgan fingerprint density at radius 3 is 2.49 bits per heavy atom. The minimum atomic E-state index is -0.911. The topological polar surface area (TPSA) is 92.9 Å². The van der Waals surface area contributed by atoms with Crippen molar-refractivity contribution in [3.8, 4) is 22.5 Å². The van der Waals surface area contributed by atoms with Crippen LogP contribution in [0, 0.1) is 6.92 Å². The van der Waals surface area contributed by atoms with Crippen molar-refractivity contribution in [2.45, 2.75) is 20.3 Å². The number of carbonyl (C=O) groups excluding carboxylic acids is 1. The fourth-order valence-corrected chi connectivity index (χ4v) is 4.12. The first-order valence-corrected chi connectivity index (χ1v) is 11.4. The van der Waals surface area contributed by atoms with Gasteiger partial charge in [-0.1, -0.05) is 71.4 Å². The summed E-state index contributed by atoms with van der Waals surface area (Å²) in [7, 11) is 0. The molecular weight excluding hydrogens is 468 g/mol. The minimum absolute atomic E-state index is 0.101. The van der Waals surface area contributed by atoms with E-state index in [-0.39, 0.29) is 13.0 Å². The summed E-state index contributed by atoms with van der Waals surface area (Å²) < 4.78 is 11.0. The number of carbonyl (C=O) groups is 2. The average molecular weight is 491 g/mol. The van der Waals surface area contributed by atoms with Crippen LogP contribution in [0.25, 0.3) is 22.5 Å². The molecule has 0 spiro atoms. The van der Waals surface area contributed by atoms with Gasteiger partial charge in [-0.2, -0.15) is 0 Å². The lowest BCUT2D eigenvalue weighted by molar-refractivity contribution is -0.136. The highest BCUT2D eigenvalue weighted by molar-refractivity contribution is 6.34. The monoisotopic (exact) mass is 490 g/mol. The summed E-state index contributed by atoms with van der Waals surface area (Å²) >= 11 is 6.45. The van der Waals surface area contributed by atoms with E-state index >= 15 is 0 Å². The Labute approximate surface area is 207 Å². The number of ether oxygens (including phenoxy) is 1. The van der Waals surface area contributed by atoms with E-state index < -0.39 is 12.1 Å². The van der Waals surface area contributed by atoms with Crippen LogP contribution in [0.15, 0.2) is 77.3 Å². The highest BCUT2D eigenvalue weighted by atomic mass is 35.5. The van der Waals surface area contributed by atoms with Crippen molar-refractivity contribution in [1.82, 2.24) is 5.16 Å². The van der Waals surface area contributed by atoms with Crippen molar-refractivity contribution in [3.63, 3.8) is 0 Å². The number of carboxylic acids is 1. The van der Waals surface area contributed by atoms with Gasteiger partial charge in [0.1, 0.15) is 11.4 Å². The van der Waals surface area contributed by atoms with Gasteiger partial charge in [-0.3, -0.25) is 4.79 Å². The summed E-state index contributed by atoms with van der Waals surface area (Å²) in [5.41, 5.74) is 4.27. The molecule has 1 amide bonds. The van der Waals surface area contributed by atoms with Gasteiger partial charge in [0.05, 0.1) is 23.7 Å². The molecule has 0 aliphatic heterocycles. The van der Waals surface area contributed by atoms with E-state index in [4.69, 9.17) is 20.9 Å². The Kier molecular flexibility index (Phi) is 7.17. The van der Waals surface area contributed by atoms with Gasteiger partial charge >= 0.3 is 12.1 Å². The third kappa shape index (κ3) is 5.05. The molecule has 0 unspecified atom stereocenters. The largest absolute Gasteiger partial charge is 0.481 e. The van der Waals surface area contributed by atoms with Gasteiger partial charge in [-0.05, 0) is 48.7 Å². The number of rotatable bonds is 7. The van der Waals surface area contributed by atoms with Crippen LogP contribution in [-0.4, -0.2) is 28.9 Å². The zero-order chi connectivity index (χ0) is 24.9. The molecule has 35 heavy (non-hydrogen) atoms. The van der Waals surface area contributed by atoms with Crippen molar-refractivity contribution in [2.75, 3.05) is 11.5 Å². The van der Waals surface area contributed by atoms with Crippen molar-refractivity contribution in [2.24, 2.45) is 0 Å². The maximum Gasteiger partial charge on any atom is 0.419 e. The molecule has 0 atom stereocenters. The van der Waals surface area contributed by atoms with Crippen molar-refractivity contribution >= 4 is 35.0 Å². The van der Waals surface area contributed by atoms with Crippen LogP contribution in [0.1, 0.15) is 18.2 Å². The van der Waals surface area contributed by atoms with Crippen LogP contribution in [0.3, 0.4) is 0 Å². The molecular formula is C27H23ClN2O5. The van der Waals surface area contributed by atoms with Crippen molar-refractivity contribution in [1.29, 1.82) is 0 Å². The first kappa shape index (κ1) is 24.0. The molecule has 4 aromatic rings. The van der Waals surface area contributed by atoms with Crippen LogP contribution in [0.4, 0.5) is 16.2 Å². The zero-order valence-electron chi connectivity index (χ0n) is 19.2. The number of carboxylic acid groups (broad SMARTS) is 1. The number of anilines is 2. The number of hydrogen-bond donors (Lipinski definition) is 1. The number of aliphatic carboxylic acids is 1. The summed E-state index contributed by atoms with van der Waals surface area (Å²) in [6.07, 6.45) is -0.716. The lowest BCUT2D eigenvalue weighted by Gasteiger charge is -2.23. The van der Waals surface area contributed by atoms with E-state index in [0.29, 0.717) is 39.0 Å². The van der Waals surface area contributed by atoms with Crippen LogP contribution >= 0.6 is 11.6 Å². The highest BCUT2D eigenvalue weighted by Crippen LogP contribution is 2.41. The zero-order valence-corrected chi connectivity index (χ0v) is 20.0. The molecule has 1 N–H and O–H groups in total. The SMILES string of the molecule is CCOC(=O)N(c1ccccc1Cl)c1c(C)noc1-c1cccc(-c2ccccc2CC(=O)O)c1. The van der Waals surface area contributed by atoms with Crippen LogP contribution in [0.2, 0.25) is 5.02 Å². The van der Waals surface area contributed by atoms with Crippen LogP contribution < -0.4 is 4.90 Å². The fraction of sp³-hybridized carbons (Fsp3) is 0.148. The maximum atomic E-state index is 13.1.